The number of fused-ring (bicyclic) bond motifs is 1. The van der Waals surface area contributed by atoms with Crippen molar-refractivity contribution in [1.82, 2.24) is 4.37 Å². The molecule has 2 nitrogen and oxygen atoms in total. The van der Waals surface area contributed by atoms with Crippen LogP contribution < -0.4 is 0 Å². The van der Waals surface area contributed by atoms with E-state index in [1.54, 1.807) is 0 Å². The van der Waals surface area contributed by atoms with Crippen molar-refractivity contribution in [3.05, 3.63) is 48.2 Å². The second-order valence-corrected chi connectivity index (χ2v) is 8.76. The van der Waals surface area contributed by atoms with Crippen LogP contribution in [0.25, 0.3) is 21.2 Å². The second-order valence-electron chi connectivity index (χ2n) is 6.09. The van der Waals surface area contributed by atoms with Crippen LogP contribution in [0.3, 0.4) is 0 Å². The summed E-state index contributed by atoms with van der Waals surface area (Å²) in [5, 5.41) is 10.2. The molecule has 0 fully saturated rings. The SMILES string of the molecule is CC(C)(C)Sc1ccc2cnsc2c1-c1ccc(C#N)cc1. The lowest BCUT2D eigenvalue weighted by Crippen LogP contribution is -2.07. The Bertz CT molecular complexity index is 849. The van der Waals surface area contributed by atoms with E-state index in [9.17, 15) is 0 Å². The lowest BCUT2D eigenvalue weighted by Gasteiger charge is -2.20. The zero-order valence-electron chi connectivity index (χ0n) is 12.8. The number of aromatic nitrogens is 1. The summed E-state index contributed by atoms with van der Waals surface area (Å²) in [6.07, 6.45) is 1.92. The Kier molecular flexibility index (Phi) is 3.94. The number of rotatable bonds is 2. The van der Waals surface area contributed by atoms with Crippen molar-refractivity contribution in [2.24, 2.45) is 0 Å². The molecule has 0 N–H and O–H groups in total. The van der Waals surface area contributed by atoms with E-state index in [0.717, 1.165) is 5.56 Å². The van der Waals surface area contributed by atoms with Crippen molar-refractivity contribution in [2.45, 2.75) is 30.4 Å². The van der Waals surface area contributed by atoms with E-state index in [1.165, 1.54) is 32.1 Å². The Morgan fingerprint density at radius 3 is 2.45 bits per heavy atom. The molecule has 0 aliphatic carbocycles. The van der Waals surface area contributed by atoms with Crippen LogP contribution in [0.4, 0.5) is 0 Å². The third kappa shape index (κ3) is 3.01. The quantitative estimate of drug-likeness (QED) is 0.565. The maximum atomic E-state index is 8.98. The smallest absolute Gasteiger partial charge is 0.0991 e. The number of benzene rings is 2. The van der Waals surface area contributed by atoms with Gasteiger partial charge in [0, 0.05) is 26.8 Å². The summed E-state index contributed by atoms with van der Waals surface area (Å²) >= 11 is 3.39. The largest absolute Gasteiger partial charge is 0.200 e. The van der Waals surface area contributed by atoms with Crippen LogP contribution in [0.5, 0.6) is 0 Å². The van der Waals surface area contributed by atoms with Gasteiger partial charge in [-0.2, -0.15) is 9.64 Å². The van der Waals surface area contributed by atoms with Crippen molar-refractivity contribution in [2.75, 3.05) is 0 Å². The monoisotopic (exact) mass is 324 g/mol. The van der Waals surface area contributed by atoms with Crippen molar-refractivity contribution in [1.29, 1.82) is 5.26 Å². The standard InChI is InChI=1S/C18H16N2S2/c1-18(2,3)21-15-9-8-14-11-20-22-17(14)16(15)13-6-4-12(10-19)5-7-13/h4-9,11H,1-3H3. The van der Waals surface area contributed by atoms with Gasteiger partial charge in [-0.15, -0.1) is 11.8 Å². The molecule has 0 atom stereocenters. The summed E-state index contributed by atoms with van der Waals surface area (Å²) in [5.41, 5.74) is 3.05. The van der Waals surface area contributed by atoms with E-state index in [4.69, 9.17) is 5.26 Å². The maximum Gasteiger partial charge on any atom is 0.0991 e. The van der Waals surface area contributed by atoms with Crippen LogP contribution in [-0.2, 0) is 0 Å². The van der Waals surface area contributed by atoms with Gasteiger partial charge in [-0.05, 0) is 35.3 Å². The van der Waals surface area contributed by atoms with Crippen molar-refractivity contribution < 1.29 is 0 Å². The van der Waals surface area contributed by atoms with Gasteiger partial charge >= 0.3 is 0 Å². The van der Waals surface area contributed by atoms with Crippen LogP contribution in [0.15, 0.2) is 47.5 Å². The second kappa shape index (κ2) is 5.75. The van der Waals surface area contributed by atoms with Crippen LogP contribution in [0.2, 0.25) is 0 Å². The summed E-state index contributed by atoms with van der Waals surface area (Å²) in [6, 6.07) is 14.3. The number of nitriles is 1. The molecule has 0 amide bonds. The number of nitrogens with zero attached hydrogens (tertiary/aromatic N) is 2. The number of thioether (sulfide) groups is 1. The van der Waals surface area contributed by atoms with Crippen LogP contribution in [0.1, 0.15) is 26.3 Å². The molecule has 1 heterocycles. The van der Waals surface area contributed by atoms with Gasteiger partial charge in [-0.1, -0.05) is 39.0 Å². The first kappa shape index (κ1) is 15.1. The molecule has 3 aromatic rings. The fourth-order valence-electron chi connectivity index (χ4n) is 2.32. The highest BCUT2D eigenvalue weighted by Gasteiger charge is 2.18. The van der Waals surface area contributed by atoms with Gasteiger partial charge in [0.05, 0.1) is 16.3 Å². The zero-order chi connectivity index (χ0) is 15.7. The topological polar surface area (TPSA) is 36.7 Å². The summed E-state index contributed by atoms with van der Waals surface area (Å²) in [7, 11) is 0. The highest BCUT2D eigenvalue weighted by Crippen LogP contribution is 2.43. The summed E-state index contributed by atoms with van der Waals surface area (Å²) in [6.45, 7) is 6.66. The van der Waals surface area contributed by atoms with E-state index in [2.05, 4.69) is 43.3 Å². The minimum atomic E-state index is 0.139. The van der Waals surface area contributed by atoms with E-state index in [0.29, 0.717) is 5.56 Å². The molecule has 0 aliphatic heterocycles. The van der Waals surface area contributed by atoms with Gasteiger partial charge in [0.1, 0.15) is 0 Å². The molecule has 0 bridgehead atoms. The first-order valence-corrected chi connectivity index (χ1v) is 8.64. The summed E-state index contributed by atoms with van der Waals surface area (Å²) in [4.78, 5) is 1.26. The fraction of sp³-hybridized carbons (Fsp3) is 0.222. The summed E-state index contributed by atoms with van der Waals surface area (Å²) < 4.78 is 5.68. The van der Waals surface area contributed by atoms with Crippen LogP contribution in [0, 0.1) is 11.3 Å². The molecular formula is C18H16N2S2. The van der Waals surface area contributed by atoms with E-state index >= 15 is 0 Å². The minimum absolute atomic E-state index is 0.139. The fourth-order valence-corrected chi connectivity index (χ4v) is 4.32. The van der Waals surface area contributed by atoms with E-state index < -0.39 is 0 Å². The van der Waals surface area contributed by atoms with E-state index in [-0.39, 0.29) is 4.75 Å². The van der Waals surface area contributed by atoms with Gasteiger partial charge in [0.15, 0.2) is 0 Å². The lowest BCUT2D eigenvalue weighted by atomic mass is 10.0. The molecule has 0 radical (unpaired) electrons. The molecule has 22 heavy (non-hydrogen) atoms. The highest BCUT2D eigenvalue weighted by molar-refractivity contribution is 8.00. The first-order chi connectivity index (χ1) is 10.5. The molecule has 1 aromatic heterocycles. The molecule has 0 aliphatic rings. The summed E-state index contributed by atoms with van der Waals surface area (Å²) in [5.74, 6) is 0. The van der Waals surface area contributed by atoms with Gasteiger partial charge in [0.25, 0.3) is 0 Å². The van der Waals surface area contributed by atoms with Crippen molar-refractivity contribution in [3.63, 3.8) is 0 Å². The number of hydrogen-bond donors (Lipinski definition) is 0. The van der Waals surface area contributed by atoms with Crippen LogP contribution in [-0.4, -0.2) is 9.12 Å². The molecule has 3 rings (SSSR count). The molecule has 0 spiro atoms. The average Bonchev–Trinajstić information content (AvgIpc) is 2.94. The zero-order valence-corrected chi connectivity index (χ0v) is 14.4. The van der Waals surface area contributed by atoms with Crippen molar-refractivity contribution in [3.8, 4) is 17.2 Å². The Balaban J connectivity index is 2.21. The van der Waals surface area contributed by atoms with Gasteiger partial charge in [-0.25, -0.2) is 0 Å². The number of hydrogen-bond acceptors (Lipinski definition) is 4. The predicted octanol–water partition coefficient (Wildman–Crippen LogP) is 5.73. The van der Waals surface area contributed by atoms with Gasteiger partial charge < -0.3 is 0 Å². The molecule has 110 valence electrons. The third-order valence-electron chi connectivity index (χ3n) is 3.20. The van der Waals surface area contributed by atoms with E-state index in [1.807, 2.05) is 42.2 Å². The normalized spacial score (nSPS) is 11.5. The lowest BCUT2D eigenvalue weighted by molar-refractivity contribution is 0.803. The molecule has 0 saturated heterocycles. The first-order valence-electron chi connectivity index (χ1n) is 7.05. The van der Waals surface area contributed by atoms with Gasteiger partial charge in [-0.3, -0.25) is 0 Å². The molecule has 2 aromatic carbocycles. The minimum Gasteiger partial charge on any atom is -0.200 e. The maximum absolute atomic E-state index is 8.98. The highest BCUT2D eigenvalue weighted by atomic mass is 32.2. The Hall–Kier alpha value is -1.83. The average molecular weight is 324 g/mol. The predicted molar refractivity (Wildman–Crippen MR) is 95.4 cm³/mol. The Morgan fingerprint density at radius 1 is 1.09 bits per heavy atom. The van der Waals surface area contributed by atoms with Gasteiger partial charge in [0.2, 0.25) is 0 Å². The van der Waals surface area contributed by atoms with Crippen LogP contribution >= 0.6 is 23.3 Å². The third-order valence-corrected chi connectivity index (χ3v) is 5.21. The molecule has 0 unspecified atom stereocenters. The molecule has 0 saturated carbocycles. The Morgan fingerprint density at radius 2 is 1.82 bits per heavy atom. The van der Waals surface area contributed by atoms with Crippen molar-refractivity contribution >= 4 is 33.4 Å². The molecule has 4 heteroatoms. The molecular weight excluding hydrogens is 308 g/mol. The Labute approximate surface area is 139 Å².